The third-order valence-electron chi connectivity index (χ3n) is 2.87. The van der Waals surface area contributed by atoms with Gasteiger partial charge in [-0.25, -0.2) is 0 Å². The summed E-state index contributed by atoms with van der Waals surface area (Å²) in [5.41, 5.74) is 0.378. The molecule has 0 amide bonds. The van der Waals surface area contributed by atoms with Crippen LogP contribution in [-0.4, -0.2) is 6.36 Å². The van der Waals surface area contributed by atoms with Gasteiger partial charge in [-0.2, -0.15) is 13.2 Å². The Balaban J connectivity index is 1.93. The van der Waals surface area contributed by atoms with E-state index in [0.29, 0.717) is 11.3 Å². The SMILES string of the molecule is FC(F)(F)Oc1ccc(NCc2ccc(C(F)(F)F)cc2)cc1. The molecule has 1 N–H and O–H groups in total. The van der Waals surface area contributed by atoms with Gasteiger partial charge in [-0.3, -0.25) is 0 Å². The first-order chi connectivity index (χ1) is 10.6. The van der Waals surface area contributed by atoms with Crippen LogP contribution in [0.15, 0.2) is 48.5 Å². The van der Waals surface area contributed by atoms with Crippen LogP contribution >= 0.6 is 0 Å². The smallest absolute Gasteiger partial charge is 0.406 e. The molecule has 0 saturated heterocycles. The number of ether oxygens (including phenoxy) is 1. The standard InChI is InChI=1S/C15H11F6NO/c16-14(17,18)11-3-1-10(2-4-11)9-22-12-5-7-13(8-6-12)23-15(19,20)21/h1-8,22H,9H2. The number of benzene rings is 2. The fraction of sp³-hybridized carbons (Fsp3) is 0.200. The van der Waals surface area contributed by atoms with Gasteiger partial charge in [-0.05, 0) is 42.0 Å². The van der Waals surface area contributed by atoms with Gasteiger partial charge in [0.15, 0.2) is 0 Å². The summed E-state index contributed by atoms with van der Waals surface area (Å²) < 4.78 is 77.0. The second-order valence-electron chi connectivity index (χ2n) is 4.62. The molecule has 0 aliphatic rings. The van der Waals surface area contributed by atoms with Gasteiger partial charge in [0.25, 0.3) is 0 Å². The molecule has 0 spiro atoms. The van der Waals surface area contributed by atoms with Crippen LogP contribution in [-0.2, 0) is 12.7 Å². The maximum Gasteiger partial charge on any atom is 0.573 e. The van der Waals surface area contributed by atoms with Crippen molar-refractivity contribution in [3.63, 3.8) is 0 Å². The average Bonchev–Trinajstić information content (AvgIpc) is 2.44. The number of hydrogen-bond acceptors (Lipinski definition) is 2. The van der Waals surface area contributed by atoms with Crippen LogP contribution in [0.2, 0.25) is 0 Å². The minimum Gasteiger partial charge on any atom is -0.406 e. The first-order valence-corrected chi connectivity index (χ1v) is 6.39. The lowest BCUT2D eigenvalue weighted by atomic mass is 10.1. The van der Waals surface area contributed by atoms with Crippen molar-refractivity contribution in [3.05, 3.63) is 59.7 Å². The number of hydrogen-bond donors (Lipinski definition) is 1. The number of alkyl halides is 6. The Morgan fingerprint density at radius 3 is 1.83 bits per heavy atom. The van der Waals surface area contributed by atoms with Crippen LogP contribution in [0.4, 0.5) is 32.0 Å². The van der Waals surface area contributed by atoms with E-state index in [4.69, 9.17) is 0 Å². The van der Waals surface area contributed by atoms with E-state index in [9.17, 15) is 26.3 Å². The minimum absolute atomic E-state index is 0.234. The second-order valence-corrected chi connectivity index (χ2v) is 4.62. The van der Waals surface area contributed by atoms with Gasteiger partial charge in [-0.1, -0.05) is 12.1 Å². The first kappa shape index (κ1) is 17.0. The first-order valence-electron chi connectivity index (χ1n) is 6.39. The zero-order valence-corrected chi connectivity index (χ0v) is 11.5. The summed E-state index contributed by atoms with van der Waals surface area (Å²) in [6, 6.07) is 9.64. The van der Waals surface area contributed by atoms with Crippen LogP contribution in [0.3, 0.4) is 0 Å². The molecule has 124 valence electrons. The molecule has 0 fully saturated rings. The predicted octanol–water partition coefficient (Wildman–Crippen LogP) is 5.22. The van der Waals surface area contributed by atoms with Crippen molar-refractivity contribution in [2.24, 2.45) is 0 Å². The van der Waals surface area contributed by atoms with Crippen molar-refractivity contribution >= 4 is 5.69 Å². The van der Waals surface area contributed by atoms with Crippen LogP contribution < -0.4 is 10.1 Å². The average molecular weight is 335 g/mol. The summed E-state index contributed by atoms with van der Waals surface area (Å²) in [6.07, 6.45) is -9.14. The van der Waals surface area contributed by atoms with Gasteiger partial charge in [0.1, 0.15) is 5.75 Å². The fourth-order valence-electron chi connectivity index (χ4n) is 1.79. The molecule has 0 aromatic heterocycles. The summed E-state index contributed by atoms with van der Waals surface area (Å²) in [4.78, 5) is 0. The van der Waals surface area contributed by atoms with E-state index in [-0.39, 0.29) is 12.3 Å². The summed E-state index contributed by atoms with van der Waals surface area (Å²) >= 11 is 0. The van der Waals surface area contributed by atoms with Gasteiger partial charge >= 0.3 is 12.5 Å². The van der Waals surface area contributed by atoms with Crippen molar-refractivity contribution in [2.45, 2.75) is 19.1 Å². The van der Waals surface area contributed by atoms with Crippen LogP contribution in [0.25, 0.3) is 0 Å². The van der Waals surface area contributed by atoms with Crippen molar-refractivity contribution in [1.82, 2.24) is 0 Å². The normalized spacial score (nSPS) is 12.1. The molecule has 2 rings (SSSR count). The Morgan fingerprint density at radius 2 is 1.35 bits per heavy atom. The van der Waals surface area contributed by atoms with Crippen LogP contribution in [0.1, 0.15) is 11.1 Å². The molecule has 8 heteroatoms. The Morgan fingerprint density at radius 1 is 0.783 bits per heavy atom. The third kappa shape index (κ3) is 5.39. The fourth-order valence-corrected chi connectivity index (χ4v) is 1.79. The Hall–Kier alpha value is -2.38. The van der Waals surface area contributed by atoms with Crippen molar-refractivity contribution in [3.8, 4) is 5.75 Å². The molecule has 0 bridgehead atoms. The van der Waals surface area contributed by atoms with Gasteiger partial charge in [-0.15, -0.1) is 13.2 Å². The summed E-state index contributed by atoms with van der Waals surface area (Å²) in [5, 5.41) is 2.89. The molecule has 0 unspecified atom stereocenters. The van der Waals surface area contributed by atoms with E-state index >= 15 is 0 Å². The van der Waals surface area contributed by atoms with Gasteiger partial charge < -0.3 is 10.1 Å². The maximum atomic E-state index is 12.4. The summed E-state index contributed by atoms with van der Waals surface area (Å²) in [6.45, 7) is 0.234. The van der Waals surface area contributed by atoms with E-state index in [0.717, 1.165) is 24.3 Å². The van der Waals surface area contributed by atoms with Crippen molar-refractivity contribution in [2.75, 3.05) is 5.32 Å². The van der Waals surface area contributed by atoms with Crippen molar-refractivity contribution < 1.29 is 31.1 Å². The maximum absolute atomic E-state index is 12.4. The number of anilines is 1. The van der Waals surface area contributed by atoms with Crippen molar-refractivity contribution in [1.29, 1.82) is 0 Å². The number of nitrogens with one attached hydrogen (secondary N) is 1. The molecular weight excluding hydrogens is 324 g/mol. The lowest BCUT2D eigenvalue weighted by Gasteiger charge is -2.11. The molecule has 2 aromatic rings. The predicted molar refractivity (Wildman–Crippen MR) is 71.9 cm³/mol. The monoisotopic (exact) mass is 335 g/mol. The number of halogens is 6. The van der Waals surface area contributed by atoms with Crippen LogP contribution in [0, 0.1) is 0 Å². The minimum atomic E-state index is -4.75. The molecule has 0 saturated carbocycles. The zero-order valence-electron chi connectivity index (χ0n) is 11.5. The number of rotatable bonds is 4. The van der Waals surface area contributed by atoms with E-state index in [2.05, 4.69) is 10.1 Å². The van der Waals surface area contributed by atoms with Gasteiger partial charge in [0.05, 0.1) is 5.56 Å². The molecule has 0 atom stereocenters. The van der Waals surface area contributed by atoms with Crippen LogP contribution in [0.5, 0.6) is 5.75 Å². The summed E-state index contributed by atoms with van der Waals surface area (Å²) in [7, 11) is 0. The van der Waals surface area contributed by atoms with E-state index < -0.39 is 18.1 Å². The lowest BCUT2D eigenvalue weighted by Crippen LogP contribution is -2.17. The highest BCUT2D eigenvalue weighted by atomic mass is 19.4. The Kier molecular flexibility index (Phi) is 4.72. The third-order valence-corrected chi connectivity index (χ3v) is 2.87. The van der Waals surface area contributed by atoms with E-state index in [1.165, 1.54) is 24.3 Å². The van der Waals surface area contributed by atoms with Gasteiger partial charge in [0.2, 0.25) is 0 Å². The molecule has 2 nitrogen and oxygen atoms in total. The van der Waals surface area contributed by atoms with E-state index in [1.54, 1.807) is 0 Å². The Bertz CT molecular complexity index is 631. The molecule has 0 heterocycles. The van der Waals surface area contributed by atoms with E-state index in [1.807, 2.05) is 0 Å². The molecule has 2 aromatic carbocycles. The zero-order chi connectivity index (χ0) is 17.1. The molecule has 0 aliphatic carbocycles. The molecule has 0 radical (unpaired) electrons. The Labute approximate surface area is 127 Å². The summed E-state index contributed by atoms with van der Waals surface area (Å²) in [5.74, 6) is -0.349. The second kappa shape index (κ2) is 6.39. The molecule has 0 aliphatic heterocycles. The molecule has 23 heavy (non-hydrogen) atoms. The molecular formula is C15H11F6NO. The highest BCUT2D eigenvalue weighted by molar-refractivity contribution is 5.47. The highest BCUT2D eigenvalue weighted by Gasteiger charge is 2.31. The largest absolute Gasteiger partial charge is 0.573 e. The van der Waals surface area contributed by atoms with Gasteiger partial charge in [0, 0.05) is 12.2 Å². The quantitative estimate of drug-likeness (QED) is 0.774. The lowest BCUT2D eigenvalue weighted by molar-refractivity contribution is -0.274. The topological polar surface area (TPSA) is 21.3 Å². The highest BCUT2D eigenvalue weighted by Crippen LogP contribution is 2.29.